The fraction of sp³-hybridized carbons (Fsp3) is 0.452. The van der Waals surface area contributed by atoms with Crippen LogP contribution < -0.4 is 15.5 Å². The third kappa shape index (κ3) is 7.26. The summed E-state index contributed by atoms with van der Waals surface area (Å²) in [6.07, 6.45) is 0.0990. The van der Waals surface area contributed by atoms with Crippen molar-refractivity contribution >= 4 is 35.3 Å². The lowest BCUT2D eigenvalue weighted by atomic mass is 10.0. The average Bonchev–Trinajstić information content (AvgIpc) is 3.55. The molecule has 0 unspecified atom stereocenters. The maximum Gasteiger partial charge on any atom is 0.407 e. The van der Waals surface area contributed by atoms with E-state index in [4.69, 9.17) is 4.74 Å². The van der Waals surface area contributed by atoms with E-state index in [0.29, 0.717) is 18.4 Å². The number of amides is 4. The number of alkyl carbamates (subject to hydrolysis) is 1. The van der Waals surface area contributed by atoms with Crippen LogP contribution in [0.5, 0.6) is 0 Å². The van der Waals surface area contributed by atoms with Crippen molar-refractivity contribution < 1.29 is 28.7 Å². The number of rotatable bonds is 10. The van der Waals surface area contributed by atoms with Gasteiger partial charge in [0, 0.05) is 31.9 Å². The van der Waals surface area contributed by atoms with E-state index in [1.165, 1.54) is 9.80 Å². The van der Waals surface area contributed by atoms with Gasteiger partial charge in [0.05, 0.1) is 12.6 Å². The number of hydrogen-bond donors (Lipinski definition) is 2. The van der Waals surface area contributed by atoms with Gasteiger partial charge in [0.2, 0.25) is 11.8 Å². The topological polar surface area (TPSA) is 128 Å². The molecule has 2 aromatic rings. The number of ether oxygens (including phenoxy) is 1. The number of nitrogens with one attached hydrogen (secondary N) is 2. The first-order valence-corrected chi connectivity index (χ1v) is 14.2. The first-order valence-electron chi connectivity index (χ1n) is 14.2. The average molecular weight is 578 g/mol. The van der Waals surface area contributed by atoms with Crippen LogP contribution in [0.1, 0.15) is 42.6 Å². The molecule has 0 aliphatic carbocycles. The number of anilines is 1. The van der Waals surface area contributed by atoms with Crippen molar-refractivity contribution in [2.75, 3.05) is 38.6 Å². The molecule has 224 valence electrons. The lowest BCUT2D eigenvalue weighted by molar-refractivity contribution is -0.138. The molecule has 0 aromatic heterocycles. The minimum atomic E-state index is -0.816. The van der Waals surface area contributed by atoms with Gasteiger partial charge in [-0.15, -0.1) is 0 Å². The van der Waals surface area contributed by atoms with Gasteiger partial charge in [-0.05, 0) is 48.6 Å². The van der Waals surface area contributed by atoms with E-state index < -0.39 is 30.1 Å². The van der Waals surface area contributed by atoms with Gasteiger partial charge < -0.3 is 30.1 Å². The van der Waals surface area contributed by atoms with Gasteiger partial charge in [-0.2, -0.15) is 0 Å². The van der Waals surface area contributed by atoms with Crippen molar-refractivity contribution in [3.63, 3.8) is 0 Å². The van der Waals surface area contributed by atoms with E-state index in [2.05, 4.69) is 10.6 Å². The van der Waals surface area contributed by atoms with Crippen molar-refractivity contribution in [1.82, 2.24) is 20.4 Å². The summed E-state index contributed by atoms with van der Waals surface area (Å²) in [5, 5.41) is 5.33. The molecule has 11 nitrogen and oxygen atoms in total. The zero-order chi connectivity index (χ0) is 30.4. The number of carbonyl (C=O) groups is 5. The molecule has 0 spiro atoms. The molecule has 2 aromatic carbocycles. The minimum Gasteiger partial charge on any atom is -0.445 e. The maximum atomic E-state index is 13.7. The van der Waals surface area contributed by atoms with Crippen molar-refractivity contribution in [3.8, 4) is 0 Å². The van der Waals surface area contributed by atoms with E-state index >= 15 is 0 Å². The Morgan fingerprint density at radius 3 is 2.33 bits per heavy atom. The maximum absolute atomic E-state index is 13.7. The summed E-state index contributed by atoms with van der Waals surface area (Å²) < 4.78 is 5.16. The van der Waals surface area contributed by atoms with Gasteiger partial charge in [-0.3, -0.25) is 19.2 Å². The SMILES string of the molecule is CC(C)C[C@H](NC(=O)c1ccc(N(C)C)cc1)C(=O)N1CC[C@@H]2[C@H]1C(=O)CN2C(=O)CNC(=O)OCc1ccccc1. The van der Waals surface area contributed by atoms with Gasteiger partial charge in [-0.25, -0.2) is 4.79 Å². The second-order valence-electron chi connectivity index (χ2n) is 11.3. The van der Waals surface area contributed by atoms with Crippen LogP contribution in [0.25, 0.3) is 0 Å². The van der Waals surface area contributed by atoms with Crippen LogP contribution in [0.2, 0.25) is 0 Å². The Morgan fingerprint density at radius 1 is 1.00 bits per heavy atom. The molecule has 4 amide bonds. The van der Waals surface area contributed by atoms with Crippen LogP contribution in [-0.2, 0) is 25.7 Å². The van der Waals surface area contributed by atoms with E-state index in [1.54, 1.807) is 12.1 Å². The summed E-state index contributed by atoms with van der Waals surface area (Å²) in [5.41, 5.74) is 2.20. The van der Waals surface area contributed by atoms with E-state index in [9.17, 15) is 24.0 Å². The Labute approximate surface area is 246 Å². The molecule has 11 heteroatoms. The zero-order valence-corrected chi connectivity index (χ0v) is 24.5. The lowest BCUT2D eigenvalue weighted by Crippen LogP contribution is -2.53. The zero-order valence-electron chi connectivity index (χ0n) is 24.5. The number of carbonyl (C=O) groups excluding carboxylic acids is 5. The molecule has 0 bridgehead atoms. The monoisotopic (exact) mass is 577 g/mol. The largest absolute Gasteiger partial charge is 0.445 e. The lowest BCUT2D eigenvalue weighted by Gasteiger charge is -2.29. The summed E-state index contributed by atoms with van der Waals surface area (Å²) >= 11 is 0. The fourth-order valence-corrected chi connectivity index (χ4v) is 5.46. The van der Waals surface area contributed by atoms with Crippen molar-refractivity contribution in [2.45, 2.75) is 51.4 Å². The molecule has 2 aliphatic rings. The first kappa shape index (κ1) is 30.5. The molecule has 2 saturated heterocycles. The Morgan fingerprint density at radius 2 is 1.69 bits per heavy atom. The number of hydrogen-bond acceptors (Lipinski definition) is 7. The smallest absolute Gasteiger partial charge is 0.407 e. The highest BCUT2D eigenvalue weighted by atomic mass is 16.5. The van der Waals surface area contributed by atoms with Gasteiger partial charge in [0.25, 0.3) is 5.91 Å². The molecule has 2 heterocycles. The summed E-state index contributed by atoms with van der Waals surface area (Å²) in [5.74, 6) is -1.25. The standard InChI is InChI=1S/C31H39N5O6/c1-20(2)16-24(33-29(39)22-10-12-23(13-11-22)34(3)4)30(40)35-15-14-25-28(35)26(37)18-36(25)27(38)17-32-31(41)42-19-21-8-6-5-7-9-21/h5-13,20,24-25,28H,14-19H2,1-4H3,(H,32,41)(H,33,39)/t24-,25+,28-/m0/s1. The molecule has 4 rings (SSSR count). The highest BCUT2D eigenvalue weighted by Gasteiger charge is 2.52. The summed E-state index contributed by atoms with van der Waals surface area (Å²) in [7, 11) is 3.82. The Kier molecular flexibility index (Phi) is 9.82. The Bertz CT molecular complexity index is 1300. The molecular weight excluding hydrogens is 538 g/mol. The molecule has 42 heavy (non-hydrogen) atoms. The van der Waals surface area contributed by atoms with Gasteiger partial charge >= 0.3 is 6.09 Å². The van der Waals surface area contributed by atoms with Crippen LogP contribution in [0, 0.1) is 5.92 Å². The second kappa shape index (κ2) is 13.5. The van der Waals surface area contributed by atoms with Crippen molar-refractivity contribution in [2.24, 2.45) is 5.92 Å². The predicted molar refractivity (Wildman–Crippen MR) is 157 cm³/mol. The molecule has 3 atom stereocenters. The number of benzene rings is 2. The summed E-state index contributed by atoms with van der Waals surface area (Å²) in [6.45, 7) is 3.82. The van der Waals surface area contributed by atoms with E-state index in [-0.39, 0.29) is 49.8 Å². The number of nitrogens with zero attached hydrogens (tertiary/aromatic N) is 3. The highest BCUT2D eigenvalue weighted by Crippen LogP contribution is 2.31. The van der Waals surface area contributed by atoms with Gasteiger partial charge in [-0.1, -0.05) is 44.2 Å². The Hall–Kier alpha value is -4.41. The van der Waals surface area contributed by atoms with Crippen LogP contribution in [0.15, 0.2) is 54.6 Å². The molecule has 2 aliphatic heterocycles. The van der Waals surface area contributed by atoms with Crippen LogP contribution in [0.4, 0.5) is 10.5 Å². The van der Waals surface area contributed by atoms with Crippen LogP contribution in [-0.4, -0.2) is 91.3 Å². The second-order valence-corrected chi connectivity index (χ2v) is 11.3. The van der Waals surface area contributed by atoms with Gasteiger partial charge in [0.1, 0.15) is 25.2 Å². The molecule has 0 radical (unpaired) electrons. The summed E-state index contributed by atoms with van der Waals surface area (Å²) in [6, 6.07) is 14.2. The number of fused-ring (bicyclic) bond motifs is 1. The third-order valence-corrected chi connectivity index (χ3v) is 7.58. The molecule has 0 saturated carbocycles. The van der Waals surface area contributed by atoms with Crippen molar-refractivity contribution in [1.29, 1.82) is 0 Å². The van der Waals surface area contributed by atoms with Gasteiger partial charge in [0.15, 0.2) is 5.78 Å². The molecular formula is C31H39N5O6. The number of ketones is 1. The third-order valence-electron chi connectivity index (χ3n) is 7.58. The van der Waals surface area contributed by atoms with E-state index in [0.717, 1.165) is 11.3 Å². The van der Waals surface area contributed by atoms with Crippen LogP contribution >= 0.6 is 0 Å². The highest BCUT2D eigenvalue weighted by molar-refractivity contribution is 6.01. The first-order chi connectivity index (χ1) is 20.0. The number of likely N-dealkylation sites (tertiary alicyclic amines) is 2. The minimum absolute atomic E-state index is 0.0698. The normalized spacial score (nSPS) is 18.5. The van der Waals surface area contributed by atoms with Crippen molar-refractivity contribution in [3.05, 3.63) is 65.7 Å². The quantitative estimate of drug-likeness (QED) is 0.443. The van der Waals surface area contributed by atoms with Crippen LogP contribution in [0.3, 0.4) is 0 Å². The Balaban J connectivity index is 1.36. The van der Waals surface area contributed by atoms with E-state index in [1.807, 2.05) is 75.3 Å². The predicted octanol–water partition coefficient (Wildman–Crippen LogP) is 2.20. The molecule has 2 fully saturated rings. The molecule has 2 N–H and O–H groups in total. The summed E-state index contributed by atoms with van der Waals surface area (Å²) in [4.78, 5) is 69.8. The number of Topliss-reactive ketones (excluding diaryl/α,β-unsaturated/α-hetero) is 1. The fourth-order valence-electron chi connectivity index (χ4n) is 5.46.